The molecule has 2 aromatic carbocycles. The smallest absolute Gasteiger partial charge is 0.308 e. The molecule has 9 heteroatoms. The van der Waals surface area contributed by atoms with Crippen LogP contribution >= 0.6 is 0 Å². The molecule has 1 saturated heterocycles. The molecule has 0 spiro atoms. The summed E-state index contributed by atoms with van der Waals surface area (Å²) in [5.41, 5.74) is 1.24. The zero-order valence-electron chi connectivity index (χ0n) is 16.4. The van der Waals surface area contributed by atoms with E-state index in [1.807, 2.05) is 0 Å². The first-order valence-corrected chi connectivity index (χ1v) is 11.1. The number of methoxy groups -OCH3 is 1. The van der Waals surface area contributed by atoms with Crippen molar-refractivity contribution >= 4 is 21.7 Å². The van der Waals surface area contributed by atoms with Crippen molar-refractivity contribution in [3.8, 4) is 5.75 Å². The maximum Gasteiger partial charge on any atom is 0.308 e. The van der Waals surface area contributed by atoms with E-state index < -0.39 is 34.3 Å². The number of benzene rings is 2. The lowest BCUT2D eigenvalue weighted by Crippen LogP contribution is -2.46. The number of aliphatic hydroxyl groups excluding tert-OH is 1. The van der Waals surface area contributed by atoms with Crippen molar-refractivity contribution in [1.29, 1.82) is 0 Å². The normalized spacial score (nSPS) is 25.0. The number of fused-ring (bicyclic) bond motifs is 3. The summed E-state index contributed by atoms with van der Waals surface area (Å²) in [4.78, 5) is 11.9. The van der Waals surface area contributed by atoms with Gasteiger partial charge in [0.1, 0.15) is 18.0 Å². The lowest BCUT2D eigenvalue weighted by molar-refractivity contribution is -0.156. The monoisotopic (exact) mass is 433 g/mol. The summed E-state index contributed by atoms with van der Waals surface area (Å²) in [5.74, 6) is 0.0915. The minimum Gasteiger partial charge on any atom is -0.487 e. The molecular formula is C21H23NO7S. The SMILES string of the molecule is COC(=O)C[C@H]1C[C@H]2c3cc(NS(=O)(=O)c4ccccc4)ccc3O[C@H]2[C@H](CO)O1. The average Bonchev–Trinajstić information content (AvgIpc) is 3.11. The van der Waals surface area contributed by atoms with Gasteiger partial charge in [0, 0.05) is 17.2 Å². The first kappa shape index (κ1) is 20.6. The van der Waals surface area contributed by atoms with Crippen LogP contribution in [0.4, 0.5) is 5.69 Å². The number of hydrogen-bond acceptors (Lipinski definition) is 7. The van der Waals surface area contributed by atoms with E-state index in [1.54, 1.807) is 36.4 Å². The van der Waals surface area contributed by atoms with Crippen molar-refractivity contribution in [2.45, 2.75) is 42.0 Å². The maximum absolute atomic E-state index is 12.6. The van der Waals surface area contributed by atoms with Crippen LogP contribution in [0.25, 0.3) is 0 Å². The van der Waals surface area contributed by atoms with Crippen molar-refractivity contribution in [2.24, 2.45) is 0 Å². The van der Waals surface area contributed by atoms with Crippen LogP contribution in [0.3, 0.4) is 0 Å². The molecule has 0 radical (unpaired) electrons. The van der Waals surface area contributed by atoms with Gasteiger partial charge in [-0.15, -0.1) is 0 Å². The fraction of sp³-hybridized carbons (Fsp3) is 0.381. The molecule has 4 atom stereocenters. The van der Waals surface area contributed by atoms with Gasteiger partial charge >= 0.3 is 5.97 Å². The number of sulfonamides is 1. The highest BCUT2D eigenvalue weighted by atomic mass is 32.2. The van der Waals surface area contributed by atoms with Crippen LogP contribution < -0.4 is 9.46 Å². The van der Waals surface area contributed by atoms with Gasteiger partial charge in [0.15, 0.2) is 0 Å². The molecule has 2 aromatic rings. The minimum atomic E-state index is -3.72. The number of anilines is 1. The van der Waals surface area contributed by atoms with Crippen LogP contribution in [0.15, 0.2) is 53.4 Å². The van der Waals surface area contributed by atoms with E-state index in [0.29, 0.717) is 17.9 Å². The van der Waals surface area contributed by atoms with Gasteiger partial charge < -0.3 is 19.3 Å². The highest BCUT2D eigenvalue weighted by molar-refractivity contribution is 7.92. The molecule has 8 nitrogen and oxygen atoms in total. The van der Waals surface area contributed by atoms with E-state index in [4.69, 9.17) is 14.2 Å². The quantitative estimate of drug-likeness (QED) is 0.671. The zero-order chi connectivity index (χ0) is 21.3. The third kappa shape index (κ3) is 4.00. The Morgan fingerprint density at radius 2 is 2.00 bits per heavy atom. The Bertz CT molecular complexity index is 1020. The second kappa shape index (κ2) is 8.25. The van der Waals surface area contributed by atoms with E-state index in [9.17, 15) is 18.3 Å². The number of carbonyl (C=O) groups excluding carboxylic acids is 1. The number of nitrogens with one attached hydrogen (secondary N) is 1. The second-order valence-corrected chi connectivity index (χ2v) is 9.04. The topological polar surface area (TPSA) is 111 Å². The summed E-state index contributed by atoms with van der Waals surface area (Å²) in [6.45, 7) is -0.250. The predicted octanol–water partition coefficient (Wildman–Crippen LogP) is 2.04. The summed E-state index contributed by atoms with van der Waals surface area (Å²) in [7, 11) is -2.41. The third-order valence-corrected chi connectivity index (χ3v) is 6.82. The van der Waals surface area contributed by atoms with Crippen LogP contribution in [-0.4, -0.2) is 51.5 Å². The van der Waals surface area contributed by atoms with E-state index in [0.717, 1.165) is 5.56 Å². The van der Waals surface area contributed by atoms with Gasteiger partial charge in [-0.05, 0) is 36.8 Å². The highest BCUT2D eigenvalue weighted by Gasteiger charge is 2.46. The second-order valence-electron chi connectivity index (χ2n) is 7.36. The minimum absolute atomic E-state index is 0.0753. The Kier molecular flexibility index (Phi) is 5.68. The highest BCUT2D eigenvalue weighted by Crippen LogP contribution is 2.47. The van der Waals surface area contributed by atoms with Crippen molar-refractivity contribution in [1.82, 2.24) is 0 Å². The van der Waals surface area contributed by atoms with Crippen molar-refractivity contribution in [3.05, 3.63) is 54.1 Å². The first-order chi connectivity index (χ1) is 14.4. The predicted molar refractivity (Wildman–Crippen MR) is 108 cm³/mol. The lowest BCUT2D eigenvalue weighted by atomic mass is 9.84. The zero-order valence-corrected chi connectivity index (χ0v) is 17.2. The molecule has 2 heterocycles. The standard InChI is InChI=1S/C21H23NO7S/c1-27-20(24)11-14-10-17-16-9-13(22-30(25,26)15-5-3-2-4-6-15)7-8-18(16)29-21(17)19(12-23)28-14/h2-9,14,17,19,21-23H,10-12H2,1H3/t14-,17+,19+,21-/m1/s1. The molecule has 0 aliphatic carbocycles. The van der Waals surface area contributed by atoms with Gasteiger partial charge in [0.2, 0.25) is 0 Å². The van der Waals surface area contributed by atoms with Gasteiger partial charge in [0.05, 0.1) is 31.1 Å². The molecular weight excluding hydrogens is 410 g/mol. The number of carbonyl (C=O) groups is 1. The molecule has 30 heavy (non-hydrogen) atoms. The van der Waals surface area contributed by atoms with E-state index in [1.165, 1.54) is 19.2 Å². The number of rotatable bonds is 6. The van der Waals surface area contributed by atoms with Gasteiger partial charge in [-0.1, -0.05) is 18.2 Å². The summed E-state index contributed by atoms with van der Waals surface area (Å²) < 4.78 is 44.4. The fourth-order valence-electron chi connectivity index (χ4n) is 4.04. The molecule has 160 valence electrons. The molecule has 4 rings (SSSR count). The van der Waals surface area contributed by atoms with Crippen molar-refractivity contribution in [3.63, 3.8) is 0 Å². The Balaban J connectivity index is 1.59. The Morgan fingerprint density at radius 3 is 2.70 bits per heavy atom. The molecule has 0 unspecified atom stereocenters. The van der Waals surface area contributed by atoms with Crippen LogP contribution in [-0.2, 0) is 24.3 Å². The number of aliphatic hydroxyl groups is 1. The van der Waals surface area contributed by atoms with Gasteiger partial charge in [0.25, 0.3) is 10.0 Å². The molecule has 2 aliphatic rings. The summed E-state index contributed by atoms with van der Waals surface area (Å²) >= 11 is 0. The summed E-state index contributed by atoms with van der Waals surface area (Å²) in [6, 6.07) is 13.2. The molecule has 1 fully saturated rings. The summed E-state index contributed by atoms with van der Waals surface area (Å²) in [5, 5.41) is 9.75. The van der Waals surface area contributed by atoms with E-state index >= 15 is 0 Å². The summed E-state index contributed by atoms with van der Waals surface area (Å²) in [6.07, 6.45) is -0.838. The first-order valence-electron chi connectivity index (χ1n) is 9.63. The van der Waals surface area contributed by atoms with Crippen molar-refractivity contribution in [2.75, 3.05) is 18.4 Å². The Labute approximate surface area is 174 Å². The molecule has 0 aromatic heterocycles. The largest absolute Gasteiger partial charge is 0.487 e. The Hall–Kier alpha value is -2.62. The van der Waals surface area contributed by atoms with E-state index in [2.05, 4.69) is 4.72 Å². The van der Waals surface area contributed by atoms with Gasteiger partial charge in [-0.25, -0.2) is 8.42 Å². The molecule has 2 aliphatic heterocycles. The molecule has 0 bridgehead atoms. The van der Waals surface area contributed by atoms with Gasteiger partial charge in [-0.2, -0.15) is 0 Å². The van der Waals surface area contributed by atoms with Crippen LogP contribution in [0.2, 0.25) is 0 Å². The van der Waals surface area contributed by atoms with Crippen LogP contribution in [0, 0.1) is 0 Å². The average molecular weight is 433 g/mol. The lowest BCUT2D eigenvalue weighted by Gasteiger charge is -2.36. The maximum atomic E-state index is 12.6. The molecule has 2 N–H and O–H groups in total. The molecule has 0 saturated carbocycles. The van der Waals surface area contributed by atoms with Crippen molar-refractivity contribution < 1.29 is 32.5 Å². The third-order valence-electron chi connectivity index (χ3n) is 5.43. The number of hydrogen-bond donors (Lipinski definition) is 2. The Morgan fingerprint density at radius 1 is 1.23 bits per heavy atom. The van der Waals surface area contributed by atoms with E-state index in [-0.39, 0.29) is 23.8 Å². The van der Waals surface area contributed by atoms with Gasteiger partial charge in [-0.3, -0.25) is 9.52 Å². The van der Waals surface area contributed by atoms with Crippen LogP contribution in [0.5, 0.6) is 5.75 Å². The fourth-order valence-corrected chi connectivity index (χ4v) is 5.11. The molecule has 0 amide bonds. The van der Waals surface area contributed by atoms with Crippen LogP contribution in [0.1, 0.15) is 24.3 Å². The number of ether oxygens (including phenoxy) is 3. The number of esters is 1.